The van der Waals surface area contributed by atoms with E-state index in [1.54, 1.807) is 6.20 Å². The van der Waals surface area contributed by atoms with E-state index in [4.69, 9.17) is 4.74 Å². The van der Waals surface area contributed by atoms with Gasteiger partial charge in [0.25, 0.3) is 0 Å². The van der Waals surface area contributed by atoms with Crippen molar-refractivity contribution in [1.82, 2.24) is 4.98 Å². The maximum absolute atomic E-state index is 12.8. The lowest BCUT2D eigenvalue weighted by Crippen LogP contribution is -2.01. The number of fused-ring (bicyclic) bond motifs is 1. The molecule has 140 valence electrons. The SMILES string of the molecule is O=C(c1ccc(OCCCCc2ccccc2)cc1)c1c[nH]c2ccccc12. The number of aromatic amines is 1. The monoisotopic (exact) mass is 369 g/mol. The summed E-state index contributed by atoms with van der Waals surface area (Å²) in [6.45, 7) is 0.683. The molecule has 0 amide bonds. The number of ketones is 1. The molecule has 3 heteroatoms. The fourth-order valence-electron chi connectivity index (χ4n) is 3.38. The maximum atomic E-state index is 12.8. The van der Waals surface area contributed by atoms with Crippen molar-refractivity contribution in [2.45, 2.75) is 19.3 Å². The number of hydrogen-bond donors (Lipinski definition) is 1. The molecule has 0 aliphatic rings. The first-order valence-electron chi connectivity index (χ1n) is 9.69. The number of ether oxygens (including phenoxy) is 1. The van der Waals surface area contributed by atoms with Crippen molar-refractivity contribution in [3.05, 3.63) is 102 Å². The van der Waals surface area contributed by atoms with E-state index in [2.05, 4.69) is 29.2 Å². The van der Waals surface area contributed by atoms with Crippen LogP contribution in [0.4, 0.5) is 0 Å². The number of carbonyl (C=O) groups is 1. The van der Waals surface area contributed by atoms with Gasteiger partial charge in [0.2, 0.25) is 0 Å². The molecule has 0 bridgehead atoms. The number of para-hydroxylation sites is 1. The van der Waals surface area contributed by atoms with Crippen LogP contribution in [0.2, 0.25) is 0 Å². The van der Waals surface area contributed by atoms with Gasteiger partial charge < -0.3 is 9.72 Å². The molecule has 3 aromatic carbocycles. The van der Waals surface area contributed by atoms with Crippen LogP contribution in [0.5, 0.6) is 5.75 Å². The van der Waals surface area contributed by atoms with Gasteiger partial charge in [0.15, 0.2) is 5.78 Å². The molecule has 0 saturated carbocycles. The molecular formula is C25H23NO2. The second kappa shape index (κ2) is 8.57. The molecule has 0 spiro atoms. The average molecular weight is 369 g/mol. The molecule has 0 aliphatic heterocycles. The predicted octanol–water partition coefficient (Wildman–Crippen LogP) is 5.80. The van der Waals surface area contributed by atoms with Crippen LogP contribution in [0.25, 0.3) is 10.9 Å². The summed E-state index contributed by atoms with van der Waals surface area (Å²) in [4.78, 5) is 16.0. The second-order valence-corrected chi connectivity index (χ2v) is 6.89. The minimum atomic E-state index is 0.0202. The average Bonchev–Trinajstić information content (AvgIpc) is 3.18. The van der Waals surface area contributed by atoms with Crippen molar-refractivity contribution in [2.75, 3.05) is 6.61 Å². The topological polar surface area (TPSA) is 42.1 Å². The Morgan fingerprint density at radius 1 is 0.821 bits per heavy atom. The molecule has 28 heavy (non-hydrogen) atoms. The zero-order valence-corrected chi connectivity index (χ0v) is 15.7. The summed E-state index contributed by atoms with van der Waals surface area (Å²) in [6.07, 6.45) is 4.96. The first-order valence-corrected chi connectivity index (χ1v) is 9.69. The lowest BCUT2D eigenvalue weighted by molar-refractivity contribution is 0.104. The highest BCUT2D eigenvalue weighted by Crippen LogP contribution is 2.22. The van der Waals surface area contributed by atoms with Crippen molar-refractivity contribution in [1.29, 1.82) is 0 Å². The molecule has 1 N–H and O–H groups in total. The third-order valence-electron chi connectivity index (χ3n) is 4.92. The van der Waals surface area contributed by atoms with Crippen molar-refractivity contribution in [3.63, 3.8) is 0 Å². The van der Waals surface area contributed by atoms with Crippen LogP contribution in [0.3, 0.4) is 0 Å². The number of aromatic nitrogens is 1. The molecule has 0 radical (unpaired) electrons. The maximum Gasteiger partial charge on any atom is 0.195 e. The van der Waals surface area contributed by atoms with Crippen LogP contribution >= 0.6 is 0 Å². The summed E-state index contributed by atoms with van der Waals surface area (Å²) >= 11 is 0. The summed E-state index contributed by atoms with van der Waals surface area (Å²) in [5.41, 5.74) is 3.70. The Hall–Kier alpha value is -3.33. The quantitative estimate of drug-likeness (QED) is 0.315. The van der Waals surface area contributed by atoms with Gasteiger partial charge in [-0.15, -0.1) is 0 Å². The van der Waals surface area contributed by atoms with Gasteiger partial charge >= 0.3 is 0 Å². The van der Waals surface area contributed by atoms with E-state index in [0.29, 0.717) is 17.7 Å². The van der Waals surface area contributed by atoms with E-state index >= 15 is 0 Å². The lowest BCUT2D eigenvalue weighted by Gasteiger charge is -2.07. The number of aryl methyl sites for hydroxylation is 1. The molecule has 1 heterocycles. The minimum absolute atomic E-state index is 0.0202. The molecule has 4 aromatic rings. The van der Waals surface area contributed by atoms with Crippen molar-refractivity contribution < 1.29 is 9.53 Å². The molecule has 0 unspecified atom stereocenters. The van der Waals surface area contributed by atoms with E-state index < -0.39 is 0 Å². The van der Waals surface area contributed by atoms with E-state index in [1.165, 1.54) is 5.56 Å². The van der Waals surface area contributed by atoms with Crippen molar-refractivity contribution >= 4 is 16.7 Å². The summed E-state index contributed by atoms with van der Waals surface area (Å²) < 4.78 is 5.82. The number of carbonyl (C=O) groups excluding carboxylic acids is 1. The van der Waals surface area contributed by atoms with Gasteiger partial charge in [0, 0.05) is 28.2 Å². The number of benzene rings is 3. The summed E-state index contributed by atoms with van der Waals surface area (Å²) in [5, 5.41) is 0.950. The predicted molar refractivity (Wildman–Crippen MR) is 113 cm³/mol. The highest BCUT2D eigenvalue weighted by atomic mass is 16.5. The Labute approximate surface area is 165 Å². The zero-order chi connectivity index (χ0) is 19.2. The van der Waals surface area contributed by atoms with Gasteiger partial charge in [-0.3, -0.25) is 4.79 Å². The van der Waals surface area contributed by atoms with Gasteiger partial charge in [-0.1, -0.05) is 48.5 Å². The molecule has 0 saturated heterocycles. The van der Waals surface area contributed by atoms with Crippen LogP contribution < -0.4 is 4.74 Å². The number of H-pyrrole nitrogens is 1. The Kier molecular flexibility index (Phi) is 5.53. The van der Waals surface area contributed by atoms with Gasteiger partial charge in [0.1, 0.15) is 5.75 Å². The number of rotatable bonds is 8. The van der Waals surface area contributed by atoms with Crippen LogP contribution in [0.1, 0.15) is 34.3 Å². The van der Waals surface area contributed by atoms with E-state index in [-0.39, 0.29) is 5.78 Å². The van der Waals surface area contributed by atoms with Gasteiger partial charge in [0.05, 0.1) is 6.61 Å². The summed E-state index contributed by atoms with van der Waals surface area (Å²) in [5.74, 6) is 0.821. The third kappa shape index (κ3) is 4.15. The second-order valence-electron chi connectivity index (χ2n) is 6.89. The zero-order valence-electron chi connectivity index (χ0n) is 15.7. The van der Waals surface area contributed by atoms with Crippen LogP contribution in [-0.4, -0.2) is 17.4 Å². The number of unbranched alkanes of at least 4 members (excludes halogenated alkanes) is 1. The first-order chi connectivity index (χ1) is 13.8. The Balaban J connectivity index is 1.30. The highest BCUT2D eigenvalue weighted by Gasteiger charge is 2.13. The van der Waals surface area contributed by atoms with Gasteiger partial charge in [-0.05, 0) is 55.2 Å². The van der Waals surface area contributed by atoms with Crippen molar-refractivity contribution in [2.24, 2.45) is 0 Å². The molecule has 3 nitrogen and oxygen atoms in total. The normalized spacial score (nSPS) is 10.9. The van der Waals surface area contributed by atoms with E-state index in [1.807, 2.05) is 54.6 Å². The fraction of sp³-hybridized carbons (Fsp3) is 0.160. The lowest BCUT2D eigenvalue weighted by atomic mass is 10.0. The number of nitrogens with one attached hydrogen (secondary N) is 1. The highest BCUT2D eigenvalue weighted by molar-refractivity contribution is 6.16. The van der Waals surface area contributed by atoms with Crippen molar-refractivity contribution in [3.8, 4) is 5.75 Å². The van der Waals surface area contributed by atoms with E-state index in [9.17, 15) is 4.79 Å². The fourth-order valence-corrected chi connectivity index (χ4v) is 3.38. The molecule has 0 fully saturated rings. The van der Waals surface area contributed by atoms with Gasteiger partial charge in [-0.2, -0.15) is 0 Å². The molecule has 4 rings (SSSR count). The minimum Gasteiger partial charge on any atom is -0.494 e. The van der Waals surface area contributed by atoms with Crippen LogP contribution in [0, 0.1) is 0 Å². The molecule has 1 aromatic heterocycles. The van der Waals surface area contributed by atoms with Crippen LogP contribution in [0.15, 0.2) is 85.1 Å². The molecular weight excluding hydrogens is 346 g/mol. The van der Waals surface area contributed by atoms with E-state index in [0.717, 1.165) is 35.9 Å². The Morgan fingerprint density at radius 3 is 2.39 bits per heavy atom. The Bertz CT molecular complexity index is 1050. The summed E-state index contributed by atoms with van der Waals surface area (Å²) in [6, 6.07) is 25.8. The smallest absolute Gasteiger partial charge is 0.195 e. The molecule has 0 atom stereocenters. The van der Waals surface area contributed by atoms with Gasteiger partial charge in [-0.25, -0.2) is 0 Å². The number of hydrogen-bond acceptors (Lipinski definition) is 2. The summed E-state index contributed by atoms with van der Waals surface area (Å²) in [7, 11) is 0. The third-order valence-corrected chi connectivity index (χ3v) is 4.92. The Morgan fingerprint density at radius 2 is 1.57 bits per heavy atom. The standard InChI is InChI=1S/C25H23NO2/c27-25(23-18-26-24-12-5-4-11-22(23)24)20-13-15-21(16-14-20)28-17-7-6-10-19-8-2-1-3-9-19/h1-5,8-9,11-16,18,26H,6-7,10,17H2. The van der Waals surface area contributed by atoms with Crippen LogP contribution in [-0.2, 0) is 6.42 Å². The largest absolute Gasteiger partial charge is 0.494 e. The molecule has 0 aliphatic carbocycles. The first kappa shape index (κ1) is 18.1.